The van der Waals surface area contributed by atoms with Crippen molar-refractivity contribution < 1.29 is 14.6 Å². The molecule has 0 saturated heterocycles. The first-order valence-electron chi connectivity index (χ1n) is 7.03. The quantitative estimate of drug-likeness (QED) is 0.774. The van der Waals surface area contributed by atoms with Gasteiger partial charge in [-0.2, -0.15) is 0 Å². The Hall–Kier alpha value is -1.51. The summed E-state index contributed by atoms with van der Waals surface area (Å²) in [6.45, 7) is 6.40. The third-order valence-electron chi connectivity index (χ3n) is 3.96. The average Bonchev–Trinajstić information content (AvgIpc) is 2.44. The van der Waals surface area contributed by atoms with Crippen LogP contribution in [0.4, 0.5) is 0 Å². The molecular formula is C16H24O3. The van der Waals surface area contributed by atoms with Crippen LogP contribution >= 0.6 is 0 Å². The number of hydrogen-bond acceptors (Lipinski definition) is 2. The van der Waals surface area contributed by atoms with E-state index in [9.17, 15) is 9.90 Å². The van der Waals surface area contributed by atoms with Crippen molar-refractivity contribution in [2.45, 2.75) is 46.5 Å². The molecule has 3 heteroatoms. The lowest BCUT2D eigenvalue weighted by atomic mass is 9.79. The number of carboxylic acids is 1. The summed E-state index contributed by atoms with van der Waals surface area (Å²) in [5.74, 6) is 0.106. The van der Waals surface area contributed by atoms with Crippen molar-refractivity contribution in [3.63, 3.8) is 0 Å². The summed E-state index contributed by atoms with van der Waals surface area (Å²) >= 11 is 0. The highest BCUT2D eigenvalue weighted by atomic mass is 16.5. The van der Waals surface area contributed by atoms with Gasteiger partial charge < -0.3 is 9.84 Å². The lowest BCUT2D eigenvalue weighted by Gasteiger charge is -2.26. The smallest absolute Gasteiger partial charge is 0.309 e. The maximum atomic E-state index is 11.4. The standard InChI is InChI=1S/C16H24O3/c1-4-13-8-7-9-14(12-13)19-11-10-16(5-2,6-3)15(17)18/h7-9,12H,4-6,10-11H2,1-3H3,(H,17,18). The number of rotatable bonds is 8. The Balaban J connectivity index is 2.59. The zero-order chi connectivity index (χ0) is 14.3. The van der Waals surface area contributed by atoms with Crippen molar-refractivity contribution in [1.82, 2.24) is 0 Å². The highest BCUT2D eigenvalue weighted by Crippen LogP contribution is 2.31. The van der Waals surface area contributed by atoms with Crippen LogP contribution in [0.2, 0.25) is 0 Å². The Morgan fingerprint density at radius 3 is 2.47 bits per heavy atom. The third kappa shape index (κ3) is 3.98. The second-order valence-corrected chi connectivity index (χ2v) is 4.89. The van der Waals surface area contributed by atoms with E-state index in [0.717, 1.165) is 12.2 Å². The normalized spacial score (nSPS) is 11.3. The van der Waals surface area contributed by atoms with Crippen molar-refractivity contribution >= 4 is 5.97 Å². The van der Waals surface area contributed by atoms with Gasteiger partial charge in [0, 0.05) is 0 Å². The van der Waals surface area contributed by atoms with Crippen LogP contribution in [0.3, 0.4) is 0 Å². The van der Waals surface area contributed by atoms with Crippen molar-refractivity contribution in [2.24, 2.45) is 5.41 Å². The first-order chi connectivity index (χ1) is 9.07. The molecule has 0 spiro atoms. The molecule has 1 aromatic carbocycles. The third-order valence-corrected chi connectivity index (χ3v) is 3.96. The zero-order valence-electron chi connectivity index (χ0n) is 12.1. The molecule has 0 radical (unpaired) electrons. The Labute approximate surface area is 115 Å². The number of carboxylic acid groups (broad SMARTS) is 1. The van der Waals surface area contributed by atoms with E-state index in [-0.39, 0.29) is 0 Å². The number of carbonyl (C=O) groups is 1. The minimum Gasteiger partial charge on any atom is -0.494 e. The molecule has 19 heavy (non-hydrogen) atoms. The summed E-state index contributed by atoms with van der Waals surface area (Å²) < 4.78 is 5.69. The Morgan fingerprint density at radius 2 is 1.95 bits per heavy atom. The molecule has 106 valence electrons. The van der Waals surface area contributed by atoms with Crippen LogP contribution < -0.4 is 4.74 Å². The van der Waals surface area contributed by atoms with E-state index in [1.807, 2.05) is 32.0 Å². The number of ether oxygens (including phenoxy) is 1. The van der Waals surface area contributed by atoms with Gasteiger partial charge in [-0.1, -0.05) is 32.9 Å². The molecule has 1 rings (SSSR count). The van der Waals surface area contributed by atoms with Gasteiger partial charge in [0.2, 0.25) is 0 Å². The fourth-order valence-electron chi connectivity index (χ4n) is 2.23. The van der Waals surface area contributed by atoms with Gasteiger partial charge in [0.25, 0.3) is 0 Å². The van der Waals surface area contributed by atoms with Gasteiger partial charge in [-0.15, -0.1) is 0 Å². The average molecular weight is 264 g/mol. The zero-order valence-corrected chi connectivity index (χ0v) is 12.1. The predicted molar refractivity (Wildman–Crippen MR) is 76.6 cm³/mol. The van der Waals surface area contributed by atoms with Crippen LogP contribution in [-0.4, -0.2) is 17.7 Å². The molecule has 0 amide bonds. The number of aryl methyl sites for hydroxylation is 1. The van der Waals surface area contributed by atoms with Gasteiger partial charge in [-0.25, -0.2) is 0 Å². The molecule has 0 unspecified atom stereocenters. The van der Waals surface area contributed by atoms with E-state index in [1.165, 1.54) is 5.56 Å². The summed E-state index contributed by atoms with van der Waals surface area (Å²) in [5.41, 5.74) is 0.579. The first-order valence-corrected chi connectivity index (χ1v) is 7.03. The molecule has 0 fully saturated rings. The molecule has 0 atom stereocenters. The molecule has 1 N–H and O–H groups in total. The molecule has 1 aromatic rings. The van der Waals surface area contributed by atoms with E-state index < -0.39 is 11.4 Å². The Bertz CT molecular complexity index is 408. The summed E-state index contributed by atoms with van der Waals surface area (Å²) in [6.07, 6.45) is 2.79. The summed E-state index contributed by atoms with van der Waals surface area (Å²) in [4.78, 5) is 11.4. The highest BCUT2D eigenvalue weighted by Gasteiger charge is 2.34. The number of hydrogen-bond donors (Lipinski definition) is 1. The topological polar surface area (TPSA) is 46.5 Å². The number of aliphatic carboxylic acids is 1. The van der Waals surface area contributed by atoms with Gasteiger partial charge in [0.15, 0.2) is 0 Å². The van der Waals surface area contributed by atoms with Gasteiger partial charge >= 0.3 is 5.97 Å². The minimum absolute atomic E-state index is 0.446. The Kier molecular flexibility index (Phi) is 5.87. The van der Waals surface area contributed by atoms with Crippen LogP contribution in [0.25, 0.3) is 0 Å². The van der Waals surface area contributed by atoms with E-state index >= 15 is 0 Å². The fraction of sp³-hybridized carbons (Fsp3) is 0.562. The summed E-state index contributed by atoms with van der Waals surface area (Å²) in [7, 11) is 0. The second-order valence-electron chi connectivity index (χ2n) is 4.89. The van der Waals surface area contributed by atoms with E-state index in [2.05, 4.69) is 13.0 Å². The Morgan fingerprint density at radius 1 is 1.26 bits per heavy atom. The summed E-state index contributed by atoms with van der Waals surface area (Å²) in [6, 6.07) is 7.96. The lowest BCUT2D eigenvalue weighted by molar-refractivity contribution is -0.150. The molecule has 0 aromatic heterocycles. The molecule has 0 aliphatic carbocycles. The molecule has 0 aliphatic rings. The summed E-state index contributed by atoms with van der Waals surface area (Å²) in [5, 5.41) is 9.35. The molecule has 0 heterocycles. The van der Waals surface area contributed by atoms with Crippen LogP contribution in [-0.2, 0) is 11.2 Å². The van der Waals surface area contributed by atoms with E-state index in [0.29, 0.717) is 25.9 Å². The van der Waals surface area contributed by atoms with E-state index in [4.69, 9.17) is 4.74 Å². The predicted octanol–water partition coefficient (Wildman–Crippen LogP) is 3.91. The highest BCUT2D eigenvalue weighted by molar-refractivity contribution is 5.74. The van der Waals surface area contributed by atoms with Crippen LogP contribution in [0.5, 0.6) is 5.75 Å². The largest absolute Gasteiger partial charge is 0.494 e. The maximum Gasteiger partial charge on any atom is 0.309 e. The SMILES string of the molecule is CCc1cccc(OCCC(CC)(CC)C(=O)O)c1. The van der Waals surface area contributed by atoms with Gasteiger partial charge in [-0.05, 0) is 43.4 Å². The maximum absolute atomic E-state index is 11.4. The molecular weight excluding hydrogens is 240 g/mol. The molecule has 0 aliphatic heterocycles. The van der Waals surface area contributed by atoms with Crippen molar-refractivity contribution in [3.05, 3.63) is 29.8 Å². The molecule has 0 saturated carbocycles. The minimum atomic E-state index is -0.719. The fourth-order valence-corrected chi connectivity index (χ4v) is 2.23. The second kappa shape index (κ2) is 7.17. The lowest BCUT2D eigenvalue weighted by Crippen LogP contribution is -2.31. The van der Waals surface area contributed by atoms with Crippen LogP contribution in [0.15, 0.2) is 24.3 Å². The van der Waals surface area contributed by atoms with Crippen LogP contribution in [0.1, 0.15) is 45.6 Å². The molecule has 0 bridgehead atoms. The van der Waals surface area contributed by atoms with Gasteiger partial charge in [-0.3, -0.25) is 4.79 Å². The first kappa shape index (κ1) is 15.5. The molecule has 3 nitrogen and oxygen atoms in total. The van der Waals surface area contributed by atoms with Crippen molar-refractivity contribution in [1.29, 1.82) is 0 Å². The van der Waals surface area contributed by atoms with Crippen molar-refractivity contribution in [2.75, 3.05) is 6.61 Å². The van der Waals surface area contributed by atoms with Crippen LogP contribution in [0, 0.1) is 5.41 Å². The monoisotopic (exact) mass is 264 g/mol. The van der Waals surface area contributed by atoms with E-state index in [1.54, 1.807) is 0 Å². The van der Waals surface area contributed by atoms with Crippen molar-refractivity contribution in [3.8, 4) is 5.75 Å². The van der Waals surface area contributed by atoms with Gasteiger partial charge in [0.05, 0.1) is 12.0 Å². The number of benzene rings is 1. The van der Waals surface area contributed by atoms with Gasteiger partial charge in [0.1, 0.15) is 5.75 Å².